The molecule has 0 amide bonds. The van der Waals surface area contributed by atoms with Crippen LogP contribution in [-0.4, -0.2) is 15.6 Å². The van der Waals surface area contributed by atoms with Crippen LogP contribution in [0.3, 0.4) is 0 Å². The number of halogens is 1. The van der Waals surface area contributed by atoms with Gasteiger partial charge in [-0.15, -0.1) is 0 Å². The molecule has 0 aliphatic heterocycles. The number of aromatic nitrogens is 1. The Kier molecular flexibility index (Phi) is 3.23. The van der Waals surface area contributed by atoms with Crippen LogP contribution in [0.15, 0.2) is 47.4 Å². The molecule has 1 aromatic heterocycles. The van der Waals surface area contributed by atoms with Crippen LogP contribution >= 0.6 is 0 Å². The molecule has 0 spiro atoms. The van der Waals surface area contributed by atoms with Crippen molar-refractivity contribution < 1.29 is 14.3 Å². The molecule has 0 fully saturated rings. The van der Waals surface area contributed by atoms with Crippen molar-refractivity contribution in [1.29, 1.82) is 0 Å². The fourth-order valence-electron chi connectivity index (χ4n) is 1.64. The Balaban J connectivity index is 2.47. The number of carboxylic acid groups (broad SMARTS) is 1. The first-order valence-corrected chi connectivity index (χ1v) is 5.24. The molecular formula is C13H10FNO3. The van der Waals surface area contributed by atoms with Crippen molar-refractivity contribution in [3.05, 3.63) is 58.8 Å². The maximum absolute atomic E-state index is 13.1. The first-order chi connectivity index (χ1) is 8.56. The highest BCUT2D eigenvalue weighted by molar-refractivity contribution is 5.67. The summed E-state index contributed by atoms with van der Waals surface area (Å²) < 4.78 is 14.2. The van der Waals surface area contributed by atoms with Crippen molar-refractivity contribution in [2.45, 2.75) is 6.54 Å². The van der Waals surface area contributed by atoms with Gasteiger partial charge in [-0.1, -0.05) is 12.1 Å². The third kappa shape index (κ3) is 2.63. The third-order valence-corrected chi connectivity index (χ3v) is 2.45. The Bertz CT molecular complexity index is 649. The molecule has 0 saturated heterocycles. The van der Waals surface area contributed by atoms with Crippen LogP contribution in [0.25, 0.3) is 11.1 Å². The SMILES string of the molecule is O=C(O)Cn1cc(-c2cccc(F)c2)ccc1=O. The van der Waals surface area contributed by atoms with Crippen molar-refractivity contribution in [2.24, 2.45) is 0 Å². The van der Waals surface area contributed by atoms with Gasteiger partial charge in [0, 0.05) is 12.3 Å². The zero-order valence-corrected chi connectivity index (χ0v) is 9.34. The van der Waals surface area contributed by atoms with Crippen molar-refractivity contribution in [2.75, 3.05) is 0 Å². The summed E-state index contributed by atoms with van der Waals surface area (Å²) in [5.41, 5.74) is 0.780. The standard InChI is InChI=1S/C13H10FNO3/c14-11-3-1-2-9(6-11)10-4-5-12(16)15(7-10)8-13(17)18/h1-7H,8H2,(H,17,18). The fraction of sp³-hybridized carbons (Fsp3) is 0.0769. The highest BCUT2D eigenvalue weighted by Crippen LogP contribution is 2.18. The smallest absolute Gasteiger partial charge is 0.323 e. The second kappa shape index (κ2) is 4.83. The molecule has 1 heterocycles. The number of carbonyl (C=O) groups is 1. The number of hydrogen-bond donors (Lipinski definition) is 1. The summed E-state index contributed by atoms with van der Waals surface area (Å²) in [6.45, 7) is -0.415. The second-order valence-corrected chi connectivity index (χ2v) is 3.79. The van der Waals surface area contributed by atoms with Crippen LogP contribution in [0.5, 0.6) is 0 Å². The van der Waals surface area contributed by atoms with E-state index in [9.17, 15) is 14.0 Å². The first-order valence-electron chi connectivity index (χ1n) is 5.24. The molecule has 0 bridgehead atoms. The van der Waals surface area contributed by atoms with Crippen LogP contribution in [0, 0.1) is 5.82 Å². The van der Waals surface area contributed by atoms with E-state index in [1.165, 1.54) is 30.5 Å². The molecule has 5 heteroatoms. The molecule has 92 valence electrons. The van der Waals surface area contributed by atoms with Crippen LogP contribution in [0.2, 0.25) is 0 Å². The average molecular weight is 247 g/mol. The van der Waals surface area contributed by atoms with Crippen molar-refractivity contribution in [3.63, 3.8) is 0 Å². The molecular weight excluding hydrogens is 237 g/mol. The molecule has 4 nitrogen and oxygen atoms in total. The molecule has 0 aliphatic rings. The van der Waals surface area contributed by atoms with Gasteiger partial charge in [0.15, 0.2) is 0 Å². The van der Waals surface area contributed by atoms with Gasteiger partial charge < -0.3 is 9.67 Å². The van der Waals surface area contributed by atoms with E-state index in [1.807, 2.05) is 0 Å². The van der Waals surface area contributed by atoms with E-state index in [-0.39, 0.29) is 5.82 Å². The number of pyridine rings is 1. The van der Waals surface area contributed by atoms with Crippen LogP contribution in [0.1, 0.15) is 0 Å². The van der Waals surface area contributed by atoms with Gasteiger partial charge in [0.2, 0.25) is 0 Å². The van der Waals surface area contributed by atoms with E-state index in [0.29, 0.717) is 11.1 Å². The summed E-state index contributed by atoms with van der Waals surface area (Å²) in [6.07, 6.45) is 1.41. The Labute approximate surface area is 102 Å². The Morgan fingerprint density at radius 3 is 2.67 bits per heavy atom. The van der Waals surface area contributed by atoms with Gasteiger partial charge >= 0.3 is 5.97 Å². The minimum Gasteiger partial charge on any atom is -0.480 e. The normalized spacial score (nSPS) is 10.3. The lowest BCUT2D eigenvalue weighted by Gasteiger charge is -2.06. The van der Waals surface area contributed by atoms with Gasteiger partial charge in [-0.2, -0.15) is 0 Å². The minimum atomic E-state index is -1.10. The van der Waals surface area contributed by atoms with E-state index in [2.05, 4.69) is 0 Å². The van der Waals surface area contributed by atoms with E-state index < -0.39 is 18.1 Å². The van der Waals surface area contributed by atoms with Gasteiger partial charge in [-0.25, -0.2) is 4.39 Å². The molecule has 2 rings (SSSR count). The van der Waals surface area contributed by atoms with E-state index in [1.54, 1.807) is 12.1 Å². The number of hydrogen-bond acceptors (Lipinski definition) is 2. The van der Waals surface area contributed by atoms with E-state index in [4.69, 9.17) is 5.11 Å². The zero-order chi connectivity index (χ0) is 13.1. The van der Waals surface area contributed by atoms with Gasteiger partial charge in [0.05, 0.1) is 0 Å². The second-order valence-electron chi connectivity index (χ2n) is 3.79. The molecule has 0 aliphatic carbocycles. The molecule has 0 unspecified atom stereocenters. The lowest BCUT2D eigenvalue weighted by molar-refractivity contribution is -0.137. The average Bonchev–Trinajstić information content (AvgIpc) is 2.31. The minimum absolute atomic E-state index is 0.386. The van der Waals surface area contributed by atoms with Crippen LogP contribution < -0.4 is 5.56 Å². The summed E-state index contributed by atoms with van der Waals surface area (Å²) in [5, 5.41) is 8.68. The van der Waals surface area contributed by atoms with Gasteiger partial charge in [-0.3, -0.25) is 9.59 Å². The highest BCUT2D eigenvalue weighted by Gasteiger charge is 2.05. The van der Waals surface area contributed by atoms with Crippen molar-refractivity contribution >= 4 is 5.97 Å². The summed E-state index contributed by atoms with van der Waals surface area (Å²) in [6, 6.07) is 8.69. The van der Waals surface area contributed by atoms with Crippen molar-refractivity contribution in [3.8, 4) is 11.1 Å². The number of aliphatic carboxylic acids is 1. The number of carboxylic acids is 1. The molecule has 2 aromatic rings. The quantitative estimate of drug-likeness (QED) is 0.898. The molecule has 0 atom stereocenters. The van der Waals surface area contributed by atoms with Crippen molar-refractivity contribution in [1.82, 2.24) is 4.57 Å². The Morgan fingerprint density at radius 2 is 2.00 bits per heavy atom. The topological polar surface area (TPSA) is 59.3 Å². The molecule has 1 N–H and O–H groups in total. The third-order valence-electron chi connectivity index (χ3n) is 2.45. The molecule has 18 heavy (non-hydrogen) atoms. The van der Waals surface area contributed by atoms with E-state index >= 15 is 0 Å². The predicted molar refractivity (Wildman–Crippen MR) is 63.7 cm³/mol. The van der Waals surface area contributed by atoms with E-state index in [0.717, 1.165) is 4.57 Å². The maximum atomic E-state index is 13.1. The first kappa shape index (κ1) is 12.0. The Hall–Kier alpha value is -2.43. The number of rotatable bonds is 3. The highest BCUT2D eigenvalue weighted by atomic mass is 19.1. The summed E-state index contributed by atoms with van der Waals surface area (Å²) in [5.74, 6) is -1.49. The number of nitrogens with zero attached hydrogens (tertiary/aromatic N) is 1. The molecule has 0 radical (unpaired) electrons. The zero-order valence-electron chi connectivity index (χ0n) is 9.34. The summed E-state index contributed by atoms with van der Waals surface area (Å²) >= 11 is 0. The van der Waals surface area contributed by atoms with Gasteiger partial charge in [-0.05, 0) is 29.3 Å². The maximum Gasteiger partial charge on any atom is 0.323 e. The molecule has 0 saturated carbocycles. The largest absolute Gasteiger partial charge is 0.480 e. The lowest BCUT2D eigenvalue weighted by Crippen LogP contribution is -2.22. The van der Waals surface area contributed by atoms with Gasteiger partial charge in [0.1, 0.15) is 12.4 Å². The summed E-state index contributed by atoms with van der Waals surface area (Å²) in [7, 11) is 0. The predicted octanol–water partition coefficient (Wildman–Crippen LogP) is 1.74. The van der Waals surface area contributed by atoms with Crippen LogP contribution in [-0.2, 0) is 11.3 Å². The summed E-state index contributed by atoms with van der Waals surface area (Å²) in [4.78, 5) is 22.0. The molecule has 1 aromatic carbocycles. The number of benzene rings is 1. The monoisotopic (exact) mass is 247 g/mol. The fourth-order valence-corrected chi connectivity index (χ4v) is 1.64. The van der Waals surface area contributed by atoms with Gasteiger partial charge in [0.25, 0.3) is 5.56 Å². The van der Waals surface area contributed by atoms with Crippen LogP contribution in [0.4, 0.5) is 4.39 Å². The Morgan fingerprint density at radius 1 is 1.22 bits per heavy atom. The lowest BCUT2D eigenvalue weighted by atomic mass is 10.1.